The van der Waals surface area contributed by atoms with Crippen molar-refractivity contribution in [2.24, 2.45) is 0 Å². The third kappa shape index (κ3) is 3.22. The van der Waals surface area contributed by atoms with Crippen LogP contribution >= 0.6 is 23.1 Å². The number of hydrogen-bond donors (Lipinski definition) is 0. The van der Waals surface area contributed by atoms with E-state index in [2.05, 4.69) is 53.5 Å². The minimum Gasteiger partial charge on any atom is -0.466 e. The van der Waals surface area contributed by atoms with E-state index < -0.39 is 0 Å². The number of thiazole rings is 1. The number of carbonyl (C=O) groups excluding carboxylic acids is 1. The fourth-order valence-corrected chi connectivity index (χ4v) is 5.36. The summed E-state index contributed by atoms with van der Waals surface area (Å²) in [4.78, 5) is 16.3. The molecule has 0 unspecified atom stereocenters. The molecule has 1 aliphatic rings. The minimum atomic E-state index is -0.221. The molecule has 0 saturated carbocycles. The van der Waals surface area contributed by atoms with Crippen molar-refractivity contribution in [3.05, 3.63) is 70.7 Å². The number of thioether (sulfide) groups is 1. The molecule has 126 valence electrons. The van der Waals surface area contributed by atoms with Crippen LogP contribution < -0.4 is 0 Å². The zero-order valence-corrected chi connectivity index (χ0v) is 15.4. The second-order valence-corrected chi connectivity index (χ2v) is 7.97. The smallest absolute Gasteiger partial charge is 0.311 e. The highest BCUT2D eigenvalue weighted by atomic mass is 32.2. The maximum Gasteiger partial charge on any atom is 0.311 e. The lowest BCUT2D eigenvalue weighted by atomic mass is 10.1. The predicted octanol–water partition coefficient (Wildman–Crippen LogP) is 5.11. The van der Waals surface area contributed by atoms with E-state index in [1.807, 2.05) is 12.3 Å². The standard InChI is InChI=1S/C20H17NO2S2/c1-2-23-18(22)11-13-12-24-20(21-13)25-19-16-9-5-3-7-14(16)15-8-4-6-10-17(15)19/h3-10,12,19H,2,11H2,1H3. The Morgan fingerprint density at radius 3 is 2.40 bits per heavy atom. The van der Waals surface area contributed by atoms with Crippen molar-refractivity contribution in [2.45, 2.75) is 22.9 Å². The van der Waals surface area contributed by atoms with Crippen LogP contribution in [0.2, 0.25) is 0 Å². The summed E-state index contributed by atoms with van der Waals surface area (Å²) < 4.78 is 5.98. The largest absolute Gasteiger partial charge is 0.466 e. The Kier molecular flexibility index (Phi) is 4.59. The van der Waals surface area contributed by atoms with Crippen LogP contribution in [0.5, 0.6) is 0 Å². The number of rotatable bonds is 5. The normalized spacial score (nSPS) is 12.7. The van der Waals surface area contributed by atoms with Gasteiger partial charge in [0.25, 0.3) is 0 Å². The SMILES string of the molecule is CCOC(=O)Cc1csc(SC2c3ccccc3-c3ccccc32)n1. The van der Waals surface area contributed by atoms with Gasteiger partial charge in [0.2, 0.25) is 0 Å². The van der Waals surface area contributed by atoms with Gasteiger partial charge in [-0.05, 0) is 29.2 Å². The van der Waals surface area contributed by atoms with Crippen LogP contribution in [-0.2, 0) is 16.0 Å². The number of fused-ring (bicyclic) bond motifs is 3. The summed E-state index contributed by atoms with van der Waals surface area (Å²) in [6.07, 6.45) is 0.239. The molecule has 0 bridgehead atoms. The highest BCUT2D eigenvalue weighted by Crippen LogP contribution is 2.52. The van der Waals surface area contributed by atoms with E-state index in [0.29, 0.717) is 6.61 Å². The van der Waals surface area contributed by atoms with Crippen molar-refractivity contribution >= 4 is 29.1 Å². The Morgan fingerprint density at radius 1 is 1.12 bits per heavy atom. The Hall–Kier alpha value is -2.11. The summed E-state index contributed by atoms with van der Waals surface area (Å²) in [5.41, 5.74) is 6.05. The lowest BCUT2D eigenvalue weighted by Gasteiger charge is -2.11. The Bertz CT molecular complexity index is 874. The molecular weight excluding hydrogens is 350 g/mol. The molecule has 0 saturated heterocycles. The van der Waals surface area contributed by atoms with E-state index >= 15 is 0 Å². The van der Waals surface area contributed by atoms with Gasteiger partial charge in [-0.2, -0.15) is 0 Å². The van der Waals surface area contributed by atoms with Gasteiger partial charge in [0.1, 0.15) is 0 Å². The number of ether oxygens (including phenoxy) is 1. The first-order valence-corrected chi connectivity index (χ1v) is 9.97. The van der Waals surface area contributed by atoms with Crippen molar-refractivity contribution in [1.29, 1.82) is 0 Å². The predicted molar refractivity (Wildman–Crippen MR) is 102 cm³/mol. The number of nitrogens with zero attached hydrogens (tertiary/aromatic N) is 1. The van der Waals surface area contributed by atoms with Crippen LogP contribution in [0.15, 0.2) is 58.3 Å². The molecule has 1 heterocycles. The van der Waals surface area contributed by atoms with Gasteiger partial charge >= 0.3 is 5.97 Å². The van der Waals surface area contributed by atoms with Crippen molar-refractivity contribution in [2.75, 3.05) is 6.61 Å². The summed E-state index contributed by atoms with van der Waals surface area (Å²) in [7, 11) is 0. The molecular formula is C20H17NO2S2. The maximum atomic E-state index is 11.6. The number of carbonyl (C=O) groups is 1. The van der Waals surface area contributed by atoms with Crippen LogP contribution in [0, 0.1) is 0 Å². The monoisotopic (exact) mass is 367 g/mol. The second-order valence-electron chi connectivity index (χ2n) is 5.76. The quantitative estimate of drug-likeness (QED) is 0.587. The lowest BCUT2D eigenvalue weighted by Crippen LogP contribution is -2.07. The molecule has 0 aliphatic heterocycles. The summed E-state index contributed by atoms with van der Waals surface area (Å²) in [5, 5.41) is 2.19. The Morgan fingerprint density at radius 2 is 1.76 bits per heavy atom. The number of hydrogen-bond acceptors (Lipinski definition) is 5. The molecule has 3 nitrogen and oxygen atoms in total. The molecule has 0 amide bonds. The van der Waals surface area contributed by atoms with E-state index in [9.17, 15) is 4.79 Å². The van der Waals surface area contributed by atoms with Crippen molar-refractivity contribution in [3.63, 3.8) is 0 Å². The highest BCUT2D eigenvalue weighted by molar-refractivity contribution is 8.01. The molecule has 0 radical (unpaired) electrons. The van der Waals surface area contributed by atoms with Crippen molar-refractivity contribution < 1.29 is 9.53 Å². The van der Waals surface area contributed by atoms with Gasteiger partial charge in [0, 0.05) is 5.38 Å². The Balaban J connectivity index is 1.59. The van der Waals surface area contributed by atoms with Gasteiger partial charge < -0.3 is 4.74 Å². The zero-order valence-electron chi connectivity index (χ0n) is 13.8. The van der Waals surface area contributed by atoms with Crippen molar-refractivity contribution in [1.82, 2.24) is 4.98 Å². The summed E-state index contributed by atoms with van der Waals surface area (Å²) >= 11 is 3.34. The topological polar surface area (TPSA) is 39.2 Å². The van der Waals surface area contributed by atoms with E-state index in [1.54, 1.807) is 23.1 Å². The van der Waals surface area contributed by atoms with Gasteiger partial charge in [-0.3, -0.25) is 4.79 Å². The van der Waals surface area contributed by atoms with Gasteiger partial charge in [0.15, 0.2) is 4.34 Å². The van der Waals surface area contributed by atoms with E-state index in [1.165, 1.54) is 22.3 Å². The molecule has 0 N–H and O–H groups in total. The van der Waals surface area contributed by atoms with Crippen LogP contribution in [0.1, 0.15) is 29.0 Å². The summed E-state index contributed by atoms with van der Waals surface area (Å²) in [6.45, 7) is 2.22. The minimum absolute atomic E-state index is 0.221. The first-order valence-electron chi connectivity index (χ1n) is 8.21. The molecule has 3 aromatic rings. The average molecular weight is 367 g/mol. The van der Waals surface area contributed by atoms with Gasteiger partial charge in [-0.15, -0.1) is 11.3 Å². The molecule has 1 aliphatic carbocycles. The van der Waals surface area contributed by atoms with E-state index in [-0.39, 0.29) is 17.6 Å². The number of benzene rings is 2. The van der Waals surface area contributed by atoms with Crippen LogP contribution in [0.3, 0.4) is 0 Å². The molecule has 5 heteroatoms. The second kappa shape index (κ2) is 7.02. The summed E-state index contributed by atoms with van der Waals surface area (Å²) in [6, 6.07) is 17.1. The average Bonchev–Trinajstić information content (AvgIpc) is 3.19. The molecule has 0 atom stereocenters. The lowest BCUT2D eigenvalue weighted by molar-refractivity contribution is -0.142. The molecule has 25 heavy (non-hydrogen) atoms. The number of aromatic nitrogens is 1. The Labute approximate surface area is 155 Å². The summed E-state index contributed by atoms with van der Waals surface area (Å²) in [5.74, 6) is -0.221. The third-order valence-corrected chi connectivity index (χ3v) is 6.45. The van der Waals surface area contributed by atoms with Crippen LogP contribution in [-0.4, -0.2) is 17.6 Å². The first kappa shape index (κ1) is 16.4. The van der Waals surface area contributed by atoms with Crippen molar-refractivity contribution in [3.8, 4) is 11.1 Å². The van der Waals surface area contributed by atoms with Crippen LogP contribution in [0.25, 0.3) is 11.1 Å². The molecule has 0 spiro atoms. The maximum absolute atomic E-state index is 11.6. The third-order valence-electron chi connectivity index (χ3n) is 4.16. The molecule has 4 rings (SSSR count). The molecule has 0 fully saturated rings. The molecule has 1 aromatic heterocycles. The highest BCUT2D eigenvalue weighted by Gasteiger charge is 2.29. The van der Waals surface area contributed by atoms with E-state index in [0.717, 1.165) is 10.0 Å². The fourth-order valence-electron chi connectivity index (χ4n) is 3.12. The van der Waals surface area contributed by atoms with Gasteiger partial charge in [-0.1, -0.05) is 60.3 Å². The fraction of sp³-hybridized carbons (Fsp3) is 0.200. The first-order chi connectivity index (χ1) is 12.3. The zero-order chi connectivity index (χ0) is 17.2. The van der Waals surface area contributed by atoms with E-state index in [4.69, 9.17) is 4.74 Å². The van der Waals surface area contributed by atoms with Gasteiger partial charge in [-0.25, -0.2) is 4.98 Å². The number of esters is 1. The van der Waals surface area contributed by atoms with Crippen LogP contribution in [0.4, 0.5) is 0 Å². The van der Waals surface area contributed by atoms with Gasteiger partial charge in [0.05, 0.1) is 24.0 Å². The molecule has 2 aromatic carbocycles.